The lowest BCUT2D eigenvalue weighted by Gasteiger charge is -2.39. The minimum absolute atomic E-state index is 0.0613. The second-order valence-electron chi connectivity index (χ2n) is 9.98. The topological polar surface area (TPSA) is 32.8 Å². The first-order valence-electron chi connectivity index (χ1n) is 13.5. The Labute approximate surface area is 194 Å². The van der Waals surface area contributed by atoms with Crippen LogP contribution in [0.5, 0.6) is 0 Å². The van der Waals surface area contributed by atoms with E-state index in [1.54, 1.807) is 0 Å². The van der Waals surface area contributed by atoms with Crippen molar-refractivity contribution < 1.29 is 9.53 Å². The van der Waals surface area contributed by atoms with E-state index in [9.17, 15) is 4.79 Å². The largest absolute Gasteiger partial charge is 0.462 e. The zero-order chi connectivity index (χ0) is 22.7. The summed E-state index contributed by atoms with van der Waals surface area (Å²) in [5.41, 5.74) is 0. The van der Waals surface area contributed by atoms with Crippen molar-refractivity contribution in [1.82, 2.24) is 9.80 Å². The number of hydrogen-bond acceptors (Lipinski definition) is 4. The molecule has 1 fully saturated rings. The van der Waals surface area contributed by atoms with E-state index in [2.05, 4.69) is 30.9 Å². The van der Waals surface area contributed by atoms with Gasteiger partial charge in [0.15, 0.2) is 0 Å². The van der Waals surface area contributed by atoms with Gasteiger partial charge in [-0.15, -0.1) is 0 Å². The summed E-state index contributed by atoms with van der Waals surface area (Å²) in [6.07, 6.45) is 21.7. The van der Waals surface area contributed by atoms with E-state index in [1.807, 2.05) is 6.92 Å². The van der Waals surface area contributed by atoms with Crippen LogP contribution in [0.3, 0.4) is 0 Å². The summed E-state index contributed by atoms with van der Waals surface area (Å²) in [7, 11) is 5.51. The molecule has 4 heteroatoms. The van der Waals surface area contributed by atoms with Crippen LogP contribution in [-0.2, 0) is 9.53 Å². The molecule has 1 radical (unpaired) electrons. The molecule has 0 bridgehead atoms. The molecular formula is C27H53N2O2. The van der Waals surface area contributed by atoms with Gasteiger partial charge in [0.1, 0.15) is 7.11 Å². The normalized spacial score (nSPS) is 17.5. The fraction of sp³-hybridized carbons (Fsp3) is 0.926. The number of unbranched alkanes of at least 4 members (excludes halogenated alkanes) is 13. The maximum Gasteiger partial charge on any atom is 0.308 e. The van der Waals surface area contributed by atoms with Crippen molar-refractivity contribution in [3.8, 4) is 0 Å². The molecule has 0 aromatic carbocycles. The molecule has 1 heterocycles. The second kappa shape index (κ2) is 18.9. The smallest absolute Gasteiger partial charge is 0.308 e. The zero-order valence-corrected chi connectivity index (χ0v) is 21.2. The Morgan fingerprint density at radius 1 is 0.806 bits per heavy atom. The molecule has 31 heavy (non-hydrogen) atoms. The van der Waals surface area contributed by atoms with Gasteiger partial charge in [-0.05, 0) is 19.9 Å². The second-order valence-corrected chi connectivity index (χ2v) is 9.98. The lowest BCUT2D eigenvalue weighted by molar-refractivity contribution is -0.143. The van der Waals surface area contributed by atoms with Crippen molar-refractivity contribution in [1.29, 1.82) is 0 Å². The number of carbonyl (C=O) groups excluding carboxylic acids is 1. The predicted octanol–water partition coefficient (Wildman–Crippen LogP) is 6.83. The molecule has 1 aliphatic rings. The third-order valence-electron chi connectivity index (χ3n) is 7.12. The molecule has 0 spiro atoms. The van der Waals surface area contributed by atoms with Crippen molar-refractivity contribution >= 4 is 5.97 Å². The lowest BCUT2D eigenvalue weighted by Crippen LogP contribution is -2.49. The maximum absolute atomic E-state index is 11.9. The third kappa shape index (κ3) is 14.2. The lowest BCUT2D eigenvalue weighted by atomic mass is 9.95. The molecule has 0 aliphatic carbocycles. The minimum atomic E-state index is -0.167. The van der Waals surface area contributed by atoms with E-state index in [4.69, 9.17) is 4.74 Å². The highest BCUT2D eigenvalue weighted by Gasteiger charge is 2.26. The summed E-state index contributed by atoms with van der Waals surface area (Å²) in [6.45, 7) is 8.77. The molecule has 4 nitrogen and oxygen atoms in total. The first kappa shape index (κ1) is 28.4. The zero-order valence-electron chi connectivity index (χ0n) is 21.2. The van der Waals surface area contributed by atoms with E-state index in [-0.39, 0.29) is 11.9 Å². The summed E-state index contributed by atoms with van der Waals surface area (Å²) in [6, 6.07) is 0.500. The van der Waals surface area contributed by atoms with Crippen LogP contribution in [0.25, 0.3) is 0 Å². The van der Waals surface area contributed by atoms with Crippen LogP contribution in [0.1, 0.15) is 117 Å². The van der Waals surface area contributed by atoms with Gasteiger partial charge >= 0.3 is 5.97 Å². The average molecular weight is 438 g/mol. The van der Waals surface area contributed by atoms with Crippen molar-refractivity contribution in [2.45, 2.75) is 123 Å². The Morgan fingerprint density at radius 2 is 1.26 bits per heavy atom. The maximum atomic E-state index is 11.9. The van der Waals surface area contributed by atoms with Gasteiger partial charge in [0.05, 0.1) is 5.92 Å². The van der Waals surface area contributed by atoms with E-state index < -0.39 is 0 Å². The van der Waals surface area contributed by atoms with E-state index in [1.165, 1.54) is 96.3 Å². The Hall–Kier alpha value is -0.610. The van der Waals surface area contributed by atoms with E-state index in [0.717, 1.165) is 32.6 Å². The molecule has 1 rings (SSSR count). The van der Waals surface area contributed by atoms with Crippen LogP contribution >= 0.6 is 0 Å². The highest BCUT2D eigenvalue weighted by atomic mass is 16.5. The molecular weight excluding hydrogens is 384 g/mol. The molecule has 183 valence electrons. The van der Waals surface area contributed by atoms with Crippen LogP contribution in [-0.4, -0.2) is 55.0 Å². The highest BCUT2D eigenvalue weighted by molar-refractivity contribution is 5.72. The van der Waals surface area contributed by atoms with Gasteiger partial charge in [-0.25, -0.2) is 0 Å². The van der Waals surface area contributed by atoms with Crippen LogP contribution in [0.2, 0.25) is 0 Å². The van der Waals surface area contributed by atoms with Gasteiger partial charge in [0.2, 0.25) is 0 Å². The van der Waals surface area contributed by atoms with Crippen molar-refractivity contribution in [2.24, 2.45) is 5.92 Å². The number of likely N-dealkylation sites (N-methyl/N-ethyl adjacent to an activating group) is 1. The average Bonchev–Trinajstić information content (AvgIpc) is 2.78. The van der Waals surface area contributed by atoms with E-state index >= 15 is 0 Å². The summed E-state index contributed by atoms with van der Waals surface area (Å²) in [5.74, 6) is -0.228. The van der Waals surface area contributed by atoms with Crippen LogP contribution < -0.4 is 0 Å². The quantitative estimate of drug-likeness (QED) is 0.164. The van der Waals surface area contributed by atoms with Gasteiger partial charge in [0.25, 0.3) is 0 Å². The predicted molar refractivity (Wildman–Crippen MR) is 133 cm³/mol. The molecule has 0 amide bonds. The molecule has 0 aromatic rings. The minimum Gasteiger partial charge on any atom is -0.462 e. The van der Waals surface area contributed by atoms with Gasteiger partial charge in [-0.1, -0.05) is 104 Å². The number of ether oxygens (including phenoxy) is 1. The third-order valence-corrected chi connectivity index (χ3v) is 7.12. The standard InChI is InChI=1S/C27H53N2O2/c1-5-6-7-8-9-10-11-12-13-14-15-16-17-18-19-26(24-25(2)27(30)31-4)29-22-20-28(3)21-23-29/h25-26H,4-24H2,1-3H3. The van der Waals surface area contributed by atoms with Gasteiger partial charge in [0, 0.05) is 32.2 Å². The molecule has 0 N–H and O–H groups in total. The molecule has 0 aromatic heterocycles. The van der Waals surface area contributed by atoms with Crippen LogP contribution in [0.15, 0.2) is 0 Å². The van der Waals surface area contributed by atoms with Gasteiger partial charge in [-0.3, -0.25) is 9.69 Å². The summed E-state index contributed by atoms with van der Waals surface area (Å²) < 4.78 is 4.73. The Balaban J connectivity index is 2.10. The Morgan fingerprint density at radius 3 is 1.71 bits per heavy atom. The SMILES string of the molecule is [CH2]OC(=O)C(C)CC(CCCCCCCCCCCCCCCC)N1CCN(C)CC1. The molecule has 0 saturated carbocycles. The number of piperazine rings is 1. The molecule has 1 saturated heterocycles. The van der Waals surface area contributed by atoms with Crippen molar-refractivity contribution in [3.05, 3.63) is 7.11 Å². The first-order valence-corrected chi connectivity index (χ1v) is 13.5. The number of hydrogen-bond donors (Lipinski definition) is 0. The molecule has 1 aliphatic heterocycles. The summed E-state index contributed by atoms with van der Waals surface area (Å²) in [4.78, 5) is 16.9. The fourth-order valence-electron chi connectivity index (χ4n) is 4.86. The number of nitrogens with zero attached hydrogens (tertiary/aromatic N) is 2. The number of carbonyl (C=O) groups is 1. The van der Waals surface area contributed by atoms with Crippen LogP contribution in [0, 0.1) is 13.0 Å². The molecule has 2 unspecified atom stereocenters. The fourth-order valence-corrected chi connectivity index (χ4v) is 4.86. The highest BCUT2D eigenvalue weighted by Crippen LogP contribution is 2.21. The van der Waals surface area contributed by atoms with Crippen molar-refractivity contribution in [2.75, 3.05) is 33.2 Å². The van der Waals surface area contributed by atoms with E-state index in [0.29, 0.717) is 6.04 Å². The number of esters is 1. The van der Waals surface area contributed by atoms with Gasteiger partial charge in [-0.2, -0.15) is 0 Å². The Kier molecular flexibility index (Phi) is 17.3. The summed E-state index contributed by atoms with van der Waals surface area (Å²) in [5, 5.41) is 0. The summed E-state index contributed by atoms with van der Waals surface area (Å²) >= 11 is 0. The molecule has 2 atom stereocenters. The monoisotopic (exact) mass is 437 g/mol. The van der Waals surface area contributed by atoms with Crippen LogP contribution in [0.4, 0.5) is 0 Å². The van der Waals surface area contributed by atoms with Crippen molar-refractivity contribution in [3.63, 3.8) is 0 Å². The first-order chi connectivity index (χ1) is 15.1. The number of rotatable bonds is 19. The van der Waals surface area contributed by atoms with Gasteiger partial charge < -0.3 is 9.64 Å². The Bertz CT molecular complexity index is 421.